The molecule has 0 amide bonds. The number of rotatable bonds is 3. The molecule has 0 fully saturated rings. The molecule has 2 rings (SSSR count). The Hall–Kier alpha value is -1.86. The predicted octanol–water partition coefficient (Wildman–Crippen LogP) is 1.24. The van der Waals surface area contributed by atoms with Crippen molar-refractivity contribution >= 4 is 23.4 Å². The fraction of sp³-hybridized carbons (Fsp3) is 0.182. The largest absolute Gasteiger partial charge is 0.389 e. The summed E-state index contributed by atoms with van der Waals surface area (Å²) in [6.07, 6.45) is 1.08. The Morgan fingerprint density at radius 1 is 1.22 bits per heavy atom. The zero-order valence-corrected chi connectivity index (χ0v) is 10.6. The number of anilines is 2. The Bertz CT molecular complexity index is 541. The molecule has 18 heavy (non-hydrogen) atoms. The number of aliphatic hydroxyl groups excluding tert-OH is 1. The number of pyridine rings is 1. The van der Waals surface area contributed by atoms with Crippen molar-refractivity contribution in [3.63, 3.8) is 0 Å². The van der Waals surface area contributed by atoms with E-state index >= 15 is 0 Å². The summed E-state index contributed by atoms with van der Waals surface area (Å²) in [5, 5.41) is 10.6. The highest BCUT2D eigenvalue weighted by Gasteiger charge is 2.07. The molecule has 94 valence electrons. The van der Waals surface area contributed by atoms with E-state index in [4.69, 9.17) is 11.5 Å². The number of nitrogen functional groups attached to an aromatic ring is 2. The highest BCUT2D eigenvalue weighted by molar-refractivity contribution is 7.99. The number of nitrogens with zero attached hydrogens (tertiary/aromatic N) is 3. The molecule has 7 heteroatoms. The third-order valence-electron chi connectivity index (χ3n) is 2.18. The van der Waals surface area contributed by atoms with Crippen LogP contribution in [-0.4, -0.2) is 20.1 Å². The number of hydrogen-bond donors (Lipinski definition) is 3. The average molecular weight is 263 g/mol. The second-order valence-electron chi connectivity index (χ2n) is 3.71. The van der Waals surface area contributed by atoms with E-state index < -0.39 is 6.10 Å². The van der Waals surface area contributed by atoms with Crippen molar-refractivity contribution in [1.29, 1.82) is 0 Å². The quantitative estimate of drug-likeness (QED) is 0.714. The third-order valence-corrected chi connectivity index (χ3v) is 2.98. The number of hydrogen-bond acceptors (Lipinski definition) is 7. The standard InChI is InChI=1S/C11H13N5OS/c1-6(17)7-2-3-14-10(4-7)18-11-15-8(12)5-9(13)16-11/h2-6,17H,1H3,(H4,12,13,15,16)/t6-/m1/s1. The van der Waals surface area contributed by atoms with Gasteiger partial charge in [0.15, 0.2) is 5.16 Å². The first kappa shape index (κ1) is 12.6. The maximum atomic E-state index is 9.49. The van der Waals surface area contributed by atoms with Gasteiger partial charge in [-0.25, -0.2) is 15.0 Å². The van der Waals surface area contributed by atoms with Gasteiger partial charge in [0.25, 0.3) is 0 Å². The van der Waals surface area contributed by atoms with E-state index in [2.05, 4.69) is 15.0 Å². The summed E-state index contributed by atoms with van der Waals surface area (Å²) in [5.41, 5.74) is 12.0. The van der Waals surface area contributed by atoms with Gasteiger partial charge in [-0.3, -0.25) is 0 Å². The molecular formula is C11H13N5OS. The Labute approximate surface area is 108 Å². The Morgan fingerprint density at radius 3 is 2.50 bits per heavy atom. The van der Waals surface area contributed by atoms with Crippen LogP contribution in [0, 0.1) is 0 Å². The first-order valence-electron chi connectivity index (χ1n) is 5.26. The summed E-state index contributed by atoms with van der Waals surface area (Å²) >= 11 is 1.24. The van der Waals surface area contributed by atoms with Crippen molar-refractivity contribution in [2.75, 3.05) is 11.5 Å². The number of nitrogens with two attached hydrogens (primary N) is 2. The lowest BCUT2D eigenvalue weighted by Gasteiger charge is -2.06. The van der Waals surface area contributed by atoms with Crippen molar-refractivity contribution in [3.05, 3.63) is 30.0 Å². The van der Waals surface area contributed by atoms with Gasteiger partial charge in [-0.15, -0.1) is 0 Å². The van der Waals surface area contributed by atoms with E-state index in [0.29, 0.717) is 21.8 Å². The van der Waals surface area contributed by atoms with Gasteiger partial charge in [0.05, 0.1) is 6.10 Å². The number of aliphatic hydroxyl groups is 1. The van der Waals surface area contributed by atoms with Gasteiger partial charge in [0, 0.05) is 12.3 Å². The van der Waals surface area contributed by atoms with E-state index in [1.807, 2.05) is 0 Å². The third kappa shape index (κ3) is 3.08. The van der Waals surface area contributed by atoms with E-state index in [1.165, 1.54) is 17.8 Å². The Balaban J connectivity index is 2.25. The summed E-state index contributed by atoms with van der Waals surface area (Å²) in [5.74, 6) is 0.633. The predicted molar refractivity (Wildman–Crippen MR) is 69.9 cm³/mol. The Kier molecular flexibility index (Phi) is 3.63. The van der Waals surface area contributed by atoms with Crippen LogP contribution in [0.15, 0.2) is 34.6 Å². The maximum Gasteiger partial charge on any atom is 0.197 e. The molecule has 0 aliphatic heterocycles. The Morgan fingerprint density at radius 2 is 1.89 bits per heavy atom. The lowest BCUT2D eigenvalue weighted by molar-refractivity contribution is 0.199. The van der Waals surface area contributed by atoms with Gasteiger partial charge in [-0.2, -0.15) is 0 Å². The van der Waals surface area contributed by atoms with E-state index in [1.54, 1.807) is 25.3 Å². The van der Waals surface area contributed by atoms with Gasteiger partial charge in [-0.05, 0) is 36.4 Å². The van der Waals surface area contributed by atoms with Crippen molar-refractivity contribution in [3.8, 4) is 0 Å². The van der Waals surface area contributed by atoms with Crippen LogP contribution in [0.4, 0.5) is 11.6 Å². The lowest BCUT2D eigenvalue weighted by Crippen LogP contribution is -1.99. The van der Waals surface area contributed by atoms with Crippen LogP contribution >= 0.6 is 11.8 Å². The summed E-state index contributed by atoms with van der Waals surface area (Å²) < 4.78 is 0. The molecule has 2 heterocycles. The fourth-order valence-corrected chi connectivity index (χ4v) is 2.14. The van der Waals surface area contributed by atoms with E-state index in [-0.39, 0.29) is 0 Å². The molecule has 5 N–H and O–H groups in total. The molecule has 0 unspecified atom stereocenters. The van der Waals surface area contributed by atoms with Gasteiger partial charge in [-0.1, -0.05) is 0 Å². The molecule has 6 nitrogen and oxygen atoms in total. The molecular weight excluding hydrogens is 250 g/mol. The summed E-state index contributed by atoms with van der Waals surface area (Å²) in [7, 11) is 0. The van der Waals surface area contributed by atoms with Crippen LogP contribution in [-0.2, 0) is 0 Å². The minimum Gasteiger partial charge on any atom is -0.389 e. The lowest BCUT2D eigenvalue weighted by atomic mass is 10.2. The van der Waals surface area contributed by atoms with E-state index in [0.717, 1.165) is 5.56 Å². The van der Waals surface area contributed by atoms with Crippen LogP contribution in [0.5, 0.6) is 0 Å². The molecule has 0 aliphatic rings. The van der Waals surface area contributed by atoms with Crippen LogP contribution in [0.25, 0.3) is 0 Å². The molecule has 0 spiro atoms. The normalized spacial score (nSPS) is 12.3. The SMILES string of the molecule is C[C@@H](O)c1ccnc(Sc2nc(N)cc(N)n2)c1. The highest BCUT2D eigenvalue weighted by Crippen LogP contribution is 2.26. The highest BCUT2D eigenvalue weighted by atomic mass is 32.2. The zero-order valence-electron chi connectivity index (χ0n) is 9.74. The molecule has 0 aliphatic carbocycles. The molecule has 0 saturated carbocycles. The van der Waals surface area contributed by atoms with Gasteiger partial charge in [0.2, 0.25) is 0 Å². The first-order valence-corrected chi connectivity index (χ1v) is 6.08. The van der Waals surface area contributed by atoms with Crippen molar-refractivity contribution in [1.82, 2.24) is 15.0 Å². The molecule has 0 radical (unpaired) electrons. The van der Waals surface area contributed by atoms with Crippen molar-refractivity contribution in [2.24, 2.45) is 0 Å². The molecule has 1 atom stereocenters. The van der Waals surface area contributed by atoms with E-state index in [9.17, 15) is 5.11 Å². The summed E-state index contributed by atoms with van der Waals surface area (Å²) in [6, 6.07) is 5.02. The van der Waals surface area contributed by atoms with Crippen molar-refractivity contribution < 1.29 is 5.11 Å². The first-order chi connectivity index (χ1) is 8.54. The summed E-state index contributed by atoms with van der Waals surface area (Å²) in [4.78, 5) is 12.3. The molecule has 2 aromatic rings. The van der Waals surface area contributed by atoms with Gasteiger partial charge >= 0.3 is 0 Å². The molecule has 2 aromatic heterocycles. The molecule has 0 aromatic carbocycles. The van der Waals surface area contributed by atoms with Gasteiger partial charge in [0.1, 0.15) is 16.7 Å². The topological polar surface area (TPSA) is 111 Å². The second-order valence-corrected chi connectivity index (χ2v) is 4.69. The van der Waals surface area contributed by atoms with Crippen LogP contribution in [0.2, 0.25) is 0 Å². The summed E-state index contributed by atoms with van der Waals surface area (Å²) in [6.45, 7) is 1.69. The molecule has 0 saturated heterocycles. The molecule has 0 bridgehead atoms. The number of aromatic nitrogens is 3. The van der Waals surface area contributed by atoms with Crippen LogP contribution < -0.4 is 11.5 Å². The van der Waals surface area contributed by atoms with Crippen LogP contribution in [0.1, 0.15) is 18.6 Å². The minimum atomic E-state index is -0.542. The zero-order chi connectivity index (χ0) is 13.1. The average Bonchev–Trinajstić information content (AvgIpc) is 2.27. The maximum absolute atomic E-state index is 9.49. The van der Waals surface area contributed by atoms with Gasteiger partial charge < -0.3 is 16.6 Å². The monoisotopic (exact) mass is 263 g/mol. The van der Waals surface area contributed by atoms with Crippen LogP contribution in [0.3, 0.4) is 0 Å². The second kappa shape index (κ2) is 5.19. The minimum absolute atomic E-state index is 0.316. The smallest absolute Gasteiger partial charge is 0.197 e. The fourth-order valence-electron chi connectivity index (χ4n) is 1.34. The van der Waals surface area contributed by atoms with Crippen molar-refractivity contribution in [2.45, 2.75) is 23.2 Å².